The van der Waals surface area contributed by atoms with Gasteiger partial charge in [0.05, 0.1) is 11.3 Å². The van der Waals surface area contributed by atoms with Crippen molar-refractivity contribution in [1.82, 2.24) is 9.97 Å². The van der Waals surface area contributed by atoms with Crippen molar-refractivity contribution in [2.24, 2.45) is 5.73 Å². The van der Waals surface area contributed by atoms with Gasteiger partial charge in [0, 0.05) is 17.7 Å². The molecule has 0 saturated carbocycles. The van der Waals surface area contributed by atoms with Gasteiger partial charge in [-0.05, 0) is 18.4 Å². The van der Waals surface area contributed by atoms with Gasteiger partial charge < -0.3 is 11.5 Å². The Bertz CT molecular complexity index is 664. The molecule has 0 saturated heterocycles. The van der Waals surface area contributed by atoms with Crippen molar-refractivity contribution in [2.45, 2.75) is 13.5 Å². The van der Waals surface area contributed by atoms with Crippen LogP contribution in [-0.4, -0.2) is 9.97 Å². The molecule has 4 nitrogen and oxygen atoms in total. The van der Waals surface area contributed by atoms with Gasteiger partial charge in [-0.2, -0.15) is 12.6 Å². The van der Waals surface area contributed by atoms with Gasteiger partial charge in [-0.25, -0.2) is 9.97 Å². The molecule has 0 fully saturated rings. The number of nitrogen functional groups attached to an aromatic ring is 1. The summed E-state index contributed by atoms with van der Waals surface area (Å²) in [6, 6.07) is 0. The summed E-state index contributed by atoms with van der Waals surface area (Å²) in [7, 11) is 0. The number of nitrogens with zero attached hydrogens (tertiary/aromatic N) is 2. The molecule has 1 aromatic rings. The van der Waals surface area contributed by atoms with Crippen molar-refractivity contribution < 1.29 is 0 Å². The molecule has 0 aliphatic carbocycles. The van der Waals surface area contributed by atoms with E-state index < -0.39 is 0 Å². The fourth-order valence-electron chi connectivity index (χ4n) is 1.65. The second-order valence-electron chi connectivity index (χ2n) is 4.00. The predicted octanol–water partition coefficient (Wildman–Crippen LogP) is 2.57. The van der Waals surface area contributed by atoms with Crippen LogP contribution in [0.5, 0.6) is 0 Å². The number of nitrogens with two attached hydrogens (primary N) is 2. The number of terminal acetylenes is 1. The maximum atomic E-state index is 5.97. The first kappa shape index (κ1) is 16.8. The molecule has 0 amide bonds. The number of allylic oxidation sites excluding steroid dienone is 6. The molecule has 0 spiro atoms. The summed E-state index contributed by atoms with van der Waals surface area (Å²) in [6.07, 6.45) is 12.6. The number of rotatable bonds is 5. The first-order valence-electron chi connectivity index (χ1n) is 6.26. The molecular formula is C16H18N4S. The van der Waals surface area contributed by atoms with Crippen LogP contribution >= 0.6 is 12.6 Å². The third-order valence-electron chi connectivity index (χ3n) is 2.73. The smallest absolute Gasteiger partial charge is 0.170 e. The SMILES string of the molecule is C#C/C(=C\C=C/C)c1nc(N)c(CN)c(/C(C=C)=C/S)n1. The van der Waals surface area contributed by atoms with E-state index >= 15 is 0 Å². The lowest BCUT2D eigenvalue weighted by molar-refractivity contribution is 0.991. The van der Waals surface area contributed by atoms with Crippen LogP contribution in [0.25, 0.3) is 11.1 Å². The zero-order chi connectivity index (χ0) is 15.8. The molecule has 0 atom stereocenters. The van der Waals surface area contributed by atoms with Crippen LogP contribution in [0, 0.1) is 12.3 Å². The zero-order valence-electron chi connectivity index (χ0n) is 11.9. The Labute approximate surface area is 130 Å². The van der Waals surface area contributed by atoms with Gasteiger partial charge in [-0.3, -0.25) is 0 Å². The van der Waals surface area contributed by atoms with Crippen molar-refractivity contribution in [3.8, 4) is 12.3 Å². The van der Waals surface area contributed by atoms with Crippen molar-refractivity contribution >= 4 is 29.6 Å². The molecule has 0 aliphatic heterocycles. The van der Waals surface area contributed by atoms with Crippen LogP contribution in [0.1, 0.15) is 24.0 Å². The summed E-state index contributed by atoms with van der Waals surface area (Å²) in [5.41, 5.74) is 14.2. The van der Waals surface area contributed by atoms with E-state index in [0.717, 1.165) is 0 Å². The Kier molecular flexibility index (Phi) is 6.47. The summed E-state index contributed by atoms with van der Waals surface area (Å²) in [4.78, 5) is 8.70. The summed E-state index contributed by atoms with van der Waals surface area (Å²) >= 11 is 4.15. The van der Waals surface area contributed by atoms with E-state index in [1.165, 1.54) is 0 Å². The fraction of sp³-hybridized carbons (Fsp3) is 0.125. The highest BCUT2D eigenvalue weighted by atomic mass is 32.1. The van der Waals surface area contributed by atoms with Gasteiger partial charge in [0.1, 0.15) is 5.82 Å². The minimum Gasteiger partial charge on any atom is -0.383 e. The van der Waals surface area contributed by atoms with Crippen LogP contribution in [0.2, 0.25) is 0 Å². The summed E-state index contributed by atoms with van der Waals surface area (Å²) in [5.74, 6) is 3.22. The molecule has 0 bridgehead atoms. The van der Waals surface area contributed by atoms with Gasteiger partial charge >= 0.3 is 0 Å². The van der Waals surface area contributed by atoms with Gasteiger partial charge in [-0.15, -0.1) is 6.42 Å². The third-order valence-corrected chi connectivity index (χ3v) is 3.01. The van der Waals surface area contributed by atoms with E-state index in [0.29, 0.717) is 34.0 Å². The van der Waals surface area contributed by atoms with Crippen molar-refractivity contribution in [3.05, 3.63) is 53.4 Å². The van der Waals surface area contributed by atoms with E-state index in [4.69, 9.17) is 17.9 Å². The normalized spacial score (nSPS) is 12.5. The van der Waals surface area contributed by atoms with Gasteiger partial charge in [0.15, 0.2) is 5.82 Å². The second-order valence-corrected chi connectivity index (χ2v) is 4.26. The van der Waals surface area contributed by atoms with Gasteiger partial charge in [0.25, 0.3) is 0 Å². The van der Waals surface area contributed by atoms with E-state index in [9.17, 15) is 0 Å². The predicted molar refractivity (Wildman–Crippen MR) is 93.1 cm³/mol. The molecule has 0 radical (unpaired) electrons. The largest absolute Gasteiger partial charge is 0.383 e. The minimum atomic E-state index is 0.213. The van der Waals surface area contributed by atoms with E-state index in [2.05, 4.69) is 35.1 Å². The lowest BCUT2D eigenvalue weighted by Gasteiger charge is -2.12. The van der Waals surface area contributed by atoms with Gasteiger partial charge in [0.2, 0.25) is 0 Å². The van der Waals surface area contributed by atoms with Crippen LogP contribution in [-0.2, 0) is 6.54 Å². The van der Waals surface area contributed by atoms with E-state index in [1.807, 2.05) is 19.1 Å². The first-order chi connectivity index (χ1) is 10.1. The molecule has 0 aromatic carbocycles. The average molecular weight is 298 g/mol. The van der Waals surface area contributed by atoms with Crippen molar-refractivity contribution in [2.75, 3.05) is 5.73 Å². The minimum absolute atomic E-state index is 0.213. The maximum Gasteiger partial charge on any atom is 0.170 e. The Balaban J connectivity index is 3.59. The molecule has 5 heteroatoms. The molecule has 1 rings (SSSR count). The number of thiol groups is 1. The Morgan fingerprint density at radius 2 is 2.19 bits per heavy atom. The number of anilines is 1. The van der Waals surface area contributed by atoms with Gasteiger partial charge in [-0.1, -0.05) is 30.7 Å². The third kappa shape index (κ3) is 3.85. The Morgan fingerprint density at radius 1 is 1.48 bits per heavy atom. The highest BCUT2D eigenvalue weighted by Gasteiger charge is 2.14. The Morgan fingerprint density at radius 3 is 2.67 bits per heavy atom. The topological polar surface area (TPSA) is 77.8 Å². The molecule has 108 valence electrons. The highest BCUT2D eigenvalue weighted by molar-refractivity contribution is 7.83. The fourth-order valence-corrected chi connectivity index (χ4v) is 1.88. The summed E-state index contributed by atoms with van der Waals surface area (Å²) in [5, 5.41) is 1.59. The van der Waals surface area contributed by atoms with Crippen LogP contribution in [0.15, 0.2) is 36.3 Å². The number of hydrogen-bond donors (Lipinski definition) is 3. The van der Waals surface area contributed by atoms with Crippen LogP contribution in [0.4, 0.5) is 5.82 Å². The molecule has 1 heterocycles. The Hall–Kier alpha value is -2.29. The quantitative estimate of drug-likeness (QED) is 0.443. The van der Waals surface area contributed by atoms with Crippen LogP contribution < -0.4 is 11.5 Å². The second kappa shape index (κ2) is 8.10. The van der Waals surface area contributed by atoms with Crippen molar-refractivity contribution in [1.29, 1.82) is 0 Å². The summed E-state index contributed by atoms with van der Waals surface area (Å²) < 4.78 is 0. The lowest BCUT2D eigenvalue weighted by Crippen LogP contribution is -2.11. The standard InChI is InChI=1S/C16H18N4S/c1-4-7-8-11(5-2)16-19-14(12(6-3)10-21)13(9-17)15(18)20-16/h2,4,6-8,10,21H,3,9,17H2,1H3,(H2,18,19,20)/b7-4-,11-8+,12-10+. The maximum absolute atomic E-state index is 5.97. The molecule has 0 unspecified atom stereocenters. The lowest BCUT2D eigenvalue weighted by atomic mass is 10.1. The zero-order valence-corrected chi connectivity index (χ0v) is 12.8. The molecule has 1 aromatic heterocycles. The molecule has 4 N–H and O–H groups in total. The molecule has 21 heavy (non-hydrogen) atoms. The highest BCUT2D eigenvalue weighted by Crippen LogP contribution is 2.24. The first-order valence-corrected chi connectivity index (χ1v) is 6.78. The number of hydrogen-bond acceptors (Lipinski definition) is 5. The van der Waals surface area contributed by atoms with E-state index in [1.54, 1.807) is 17.6 Å². The average Bonchev–Trinajstić information content (AvgIpc) is 2.49. The monoisotopic (exact) mass is 298 g/mol. The van der Waals surface area contributed by atoms with Crippen LogP contribution in [0.3, 0.4) is 0 Å². The molecule has 0 aliphatic rings. The molecular weight excluding hydrogens is 280 g/mol. The van der Waals surface area contributed by atoms with Crippen molar-refractivity contribution in [3.63, 3.8) is 0 Å². The van der Waals surface area contributed by atoms with E-state index in [-0.39, 0.29) is 6.54 Å². The number of aromatic nitrogens is 2. The summed E-state index contributed by atoms with van der Waals surface area (Å²) in [6.45, 7) is 5.84.